The fourth-order valence-corrected chi connectivity index (χ4v) is 3.38. The fraction of sp³-hybridized carbons (Fsp3) is 0.316. The second-order valence-corrected chi connectivity index (χ2v) is 8.39. The van der Waals surface area contributed by atoms with E-state index in [2.05, 4.69) is 10.3 Å². The molecule has 0 aliphatic heterocycles. The fourth-order valence-electron chi connectivity index (χ4n) is 2.25. The first-order valence-corrected chi connectivity index (χ1v) is 10.0. The van der Waals surface area contributed by atoms with E-state index in [1.54, 1.807) is 18.3 Å². The van der Waals surface area contributed by atoms with Gasteiger partial charge in [-0.05, 0) is 43.7 Å². The second kappa shape index (κ2) is 9.30. The molecule has 0 aliphatic carbocycles. The first-order chi connectivity index (χ1) is 13.2. The van der Waals surface area contributed by atoms with Gasteiger partial charge in [-0.3, -0.25) is 4.79 Å². The van der Waals surface area contributed by atoms with Crippen LogP contribution in [0.4, 0.5) is 0 Å². The Bertz CT molecular complexity index is 949. The highest BCUT2D eigenvalue weighted by Gasteiger charge is 2.22. The summed E-state index contributed by atoms with van der Waals surface area (Å²) in [5.74, 6) is 0.0561. The lowest BCUT2D eigenvalue weighted by atomic mass is 10.2. The second-order valence-electron chi connectivity index (χ2n) is 6.35. The van der Waals surface area contributed by atoms with E-state index in [-0.39, 0.29) is 24.1 Å². The van der Waals surface area contributed by atoms with Crippen LogP contribution >= 0.6 is 0 Å². The largest absolute Gasteiger partial charge is 0.475 e. The minimum absolute atomic E-state index is 0.0200. The van der Waals surface area contributed by atoms with E-state index in [4.69, 9.17) is 10.00 Å². The summed E-state index contributed by atoms with van der Waals surface area (Å²) in [6.45, 7) is 3.69. The SMILES string of the molecule is CC(C)Oc1ccc(CNC(=O)CN(C)S(=O)(=O)c2ccc(C#N)cc2)cn1. The molecule has 1 N–H and O–H groups in total. The Morgan fingerprint density at radius 3 is 2.46 bits per heavy atom. The van der Waals surface area contributed by atoms with Crippen molar-refractivity contribution in [2.45, 2.75) is 31.4 Å². The molecule has 0 bridgehead atoms. The number of rotatable bonds is 8. The molecule has 148 valence electrons. The molecule has 0 aliphatic rings. The Kier molecular flexibility index (Phi) is 7.09. The molecule has 0 radical (unpaired) electrons. The number of carbonyl (C=O) groups is 1. The van der Waals surface area contributed by atoms with Gasteiger partial charge in [0.15, 0.2) is 0 Å². The number of hydrogen-bond donors (Lipinski definition) is 1. The van der Waals surface area contributed by atoms with Crippen molar-refractivity contribution in [2.75, 3.05) is 13.6 Å². The summed E-state index contributed by atoms with van der Waals surface area (Å²) >= 11 is 0. The molecule has 0 saturated heterocycles. The van der Waals surface area contributed by atoms with Gasteiger partial charge in [0.1, 0.15) is 0 Å². The molecule has 1 aromatic carbocycles. The maximum absolute atomic E-state index is 12.5. The zero-order chi connectivity index (χ0) is 20.7. The van der Waals surface area contributed by atoms with Crippen LogP contribution in [-0.2, 0) is 21.4 Å². The van der Waals surface area contributed by atoms with Gasteiger partial charge in [0.2, 0.25) is 21.8 Å². The van der Waals surface area contributed by atoms with Crippen molar-refractivity contribution in [2.24, 2.45) is 0 Å². The molecule has 2 rings (SSSR count). The average Bonchev–Trinajstić information content (AvgIpc) is 2.67. The Labute approximate surface area is 164 Å². The van der Waals surface area contributed by atoms with Crippen molar-refractivity contribution in [3.63, 3.8) is 0 Å². The minimum atomic E-state index is -3.82. The van der Waals surface area contributed by atoms with E-state index < -0.39 is 15.9 Å². The lowest BCUT2D eigenvalue weighted by molar-refractivity contribution is -0.121. The van der Waals surface area contributed by atoms with Crippen molar-refractivity contribution in [3.05, 3.63) is 53.7 Å². The molecule has 0 spiro atoms. The molecule has 8 nitrogen and oxygen atoms in total. The standard InChI is InChI=1S/C19H22N4O4S/c1-14(2)27-19-9-6-16(12-22-19)11-21-18(24)13-23(3)28(25,26)17-7-4-15(10-20)5-8-17/h4-9,12,14H,11,13H2,1-3H3,(H,21,24). The molecule has 2 aromatic rings. The van der Waals surface area contributed by atoms with E-state index in [1.807, 2.05) is 19.9 Å². The lowest BCUT2D eigenvalue weighted by Gasteiger charge is -2.17. The molecule has 0 atom stereocenters. The molecule has 1 amide bonds. The highest BCUT2D eigenvalue weighted by molar-refractivity contribution is 7.89. The summed E-state index contributed by atoms with van der Waals surface area (Å²) in [7, 11) is -2.50. The maximum Gasteiger partial charge on any atom is 0.243 e. The third-order valence-electron chi connectivity index (χ3n) is 3.70. The predicted octanol–water partition coefficient (Wildman–Crippen LogP) is 1.68. The van der Waals surface area contributed by atoms with E-state index >= 15 is 0 Å². The van der Waals surface area contributed by atoms with Gasteiger partial charge in [0.25, 0.3) is 0 Å². The number of pyridine rings is 1. The van der Waals surface area contributed by atoms with E-state index in [0.29, 0.717) is 11.4 Å². The molecule has 0 unspecified atom stereocenters. The number of aromatic nitrogens is 1. The van der Waals surface area contributed by atoms with Crippen molar-refractivity contribution < 1.29 is 17.9 Å². The van der Waals surface area contributed by atoms with Crippen LogP contribution in [0.3, 0.4) is 0 Å². The minimum Gasteiger partial charge on any atom is -0.475 e. The Balaban J connectivity index is 1.91. The van der Waals surface area contributed by atoms with Gasteiger partial charge in [-0.1, -0.05) is 6.07 Å². The van der Waals surface area contributed by atoms with Crippen LogP contribution < -0.4 is 10.1 Å². The monoisotopic (exact) mass is 402 g/mol. The number of nitrogens with zero attached hydrogens (tertiary/aromatic N) is 3. The van der Waals surface area contributed by atoms with Gasteiger partial charge in [-0.2, -0.15) is 9.57 Å². The molecular weight excluding hydrogens is 380 g/mol. The summed E-state index contributed by atoms with van der Waals surface area (Å²) in [6, 6.07) is 10.9. The van der Waals surface area contributed by atoms with Crippen molar-refractivity contribution in [3.8, 4) is 11.9 Å². The summed E-state index contributed by atoms with van der Waals surface area (Å²) in [6.07, 6.45) is 1.61. The number of benzene rings is 1. The van der Waals surface area contributed by atoms with Crippen LogP contribution in [-0.4, -0.2) is 43.3 Å². The van der Waals surface area contributed by atoms with Crippen LogP contribution in [0.25, 0.3) is 0 Å². The van der Waals surface area contributed by atoms with Crippen molar-refractivity contribution >= 4 is 15.9 Å². The van der Waals surface area contributed by atoms with Gasteiger partial charge >= 0.3 is 0 Å². The van der Waals surface area contributed by atoms with Crippen molar-refractivity contribution in [1.82, 2.24) is 14.6 Å². The molecule has 0 fully saturated rings. The zero-order valence-electron chi connectivity index (χ0n) is 15.9. The highest BCUT2D eigenvalue weighted by atomic mass is 32.2. The van der Waals surface area contributed by atoms with Gasteiger partial charge in [-0.25, -0.2) is 13.4 Å². The van der Waals surface area contributed by atoms with Gasteiger partial charge in [-0.15, -0.1) is 0 Å². The zero-order valence-corrected chi connectivity index (χ0v) is 16.7. The maximum atomic E-state index is 12.5. The van der Waals surface area contributed by atoms with Gasteiger partial charge < -0.3 is 10.1 Å². The number of hydrogen-bond acceptors (Lipinski definition) is 6. The smallest absolute Gasteiger partial charge is 0.243 e. The van der Waals surface area contributed by atoms with E-state index in [1.165, 1.54) is 31.3 Å². The Morgan fingerprint density at radius 1 is 1.25 bits per heavy atom. The normalized spacial score (nSPS) is 11.3. The van der Waals surface area contributed by atoms with E-state index in [0.717, 1.165) is 9.87 Å². The molecule has 0 saturated carbocycles. The highest BCUT2D eigenvalue weighted by Crippen LogP contribution is 2.15. The predicted molar refractivity (Wildman–Crippen MR) is 103 cm³/mol. The summed E-state index contributed by atoms with van der Waals surface area (Å²) in [4.78, 5) is 16.3. The number of sulfonamides is 1. The third kappa shape index (κ3) is 5.77. The summed E-state index contributed by atoms with van der Waals surface area (Å²) < 4.78 is 31.4. The van der Waals surface area contributed by atoms with Crippen LogP contribution in [0, 0.1) is 11.3 Å². The number of nitrogens with one attached hydrogen (secondary N) is 1. The number of nitriles is 1. The van der Waals surface area contributed by atoms with E-state index in [9.17, 15) is 13.2 Å². The average molecular weight is 402 g/mol. The number of amides is 1. The lowest BCUT2D eigenvalue weighted by Crippen LogP contribution is -2.38. The third-order valence-corrected chi connectivity index (χ3v) is 5.52. The van der Waals surface area contributed by atoms with Gasteiger partial charge in [0, 0.05) is 25.9 Å². The van der Waals surface area contributed by atoms with Crippen LogP contribution in [0.5, 0.6) is 5.88 Å². The van der Waals surface area contributed by atoms with Crippen LogP contribution in [0.2, 0.25) is 0 Å². The van der Waals surface area contributed by atoms with Crippen molar-refractivity contribution in [1.29, 1.82) is 5.26 Å². The Morgan fingerprint density at radius 2 is 1.93 bits per heavy atom. The number of ether oxygens (including phenoxy) is 1. The topological polar surface area (TPSA) is 112 Å². The molecule has 9 heteroatoms. The number of likely N-dealkylation sites (N-methyl/N-ethyl adjacent to an activating group) is 1. The Hall–Kier alpha value is -2.96. The molecule has 1 aromatic heterocycles. The molecule has 1 heterocycles. The number of carbonyl (C=O) groups excluding carboxylic acids is 1. The van der Waals surface area contributed by atoms with Crippen LogP contribution in [0.1, 0.15) is 25.0 Å². The summed E-state index contributed by atoms with van der Waals surface area (Å²) in [5, 5.41) is 11.5. The van der Waals surface area contributed by atoms with Crippen LogP contribution in [0.15, 0.2) is 47.5 Å². The van der Waals surface area contributed by atoms with Gasteiger partial charge in [0.05, 0.1) is 29.2 Å². The first kappa shape index (κ1) is 21.3. The molecular formula is C19H22N4O4S. The quantitative estimate of drug-likeness (QED) is 0.719. The summed E-state index contributed by atoms with van der Waals surface area (Å²) in [5.41, 5.74) is 1.12. The molecule has 28 heavy (non-hydrogen) atoms. The first-order valence-electron chi connectivity index (χ1n) is 8.57.